The number of H-pyrrole nitrogens is 1. The zero-order valence-electron chi connectivity index (χ0n) is 15.1. The number of rotatable bonds is 4. The molecule has 0 saturated carbocycles. The Kier molecular flexibility index (Phi) is 5.14. The van der Waals surface area contributed by atoms with Crippen LogP contribution >= 0.6 is 34.8 Å². The number of nitrogens with one attached hydrogen (secondary N) is 2. The molecule has 0 aliphatic carbocycles. The van der Waals surface area contributed by atoms with E-state index in [0.717, 1.165) is 16.5 Å². The smallest absolute Gasteiger partial charge is 0.170 e. The highest BCUT2D eigenvalue weighted by Gasteiger charge is 2.42. The van der Waals surface area contributed by atoms with Crippen molar-refractivity contribution < 1.29 is 0 Å². The summed E-state index contributed by atoms with van der Waals surface area (Å²) in [6, 6.07) is 12.0. The van der Waals surface area contributed by atoms with E-state index in [9.17, 15) is 0 Å². The van der Waals surface area contributed by atoms with Crippen molar-refractivity contribution in [2.45, 2.75) is 32.5 Å². The first-order chi connectivity index (χ1) is 13.1. The van der Waals surface area contributed by atoms with Gasteiger partial charge in [0.2, 0.25) is 0 Å². The van der Waals surface area contributed by atoms with Gasteiger partial charge < -0.3 is 15.2 Å². The number of aryl methyl sites for hydroxylation is 2. The molecular formula is C20H20IN5S. The molecule has 0 amide bonds. The van der Waals surface area contributed by atoms with Gasteiger partial charge in [-0.3, -0.25) is 9.97 Å². The van der Waals surface area contributed by atoms with Crippen LogP contribution in [0.4, 0.5) is 0 Å². The summed E-state index contributed by atoms with van der Waals surface area (Å²) < 4.78 is 1.24. The minimum Gasteiger partial charge on any atom is -0.362 e. The van der Waals surface area contributed by atoms with E-state index < -0.39 is 0 Å². The Morgan fingerprint density at radius 1 is 1.07 bits per heavy atom. The molecule has 2 atom stereocenters. The fourth-order valence-electron chi connectivity index (χ4n) is 3.68. The van der Waals surface area contributed by atoms with E-state index in [1.165, 1.54) is 20.5 Å². The van der Waals surface area contributed by atoms with E-state index in [1.807, 2.05) is 42.7 Å². The molecule has 1 fully saturated rings. The van der Waals surface area contributed by atoms with Gasteiger partial charge in [-0.2, -0.15) is 0 Å². The second kappa shape index (κ2) is 7.55. The molecule has 1 aliphatic rings. The largest absolute Gasteiger partial charge is 0.362 e. The number of thiocarbonyl (C=S) groups is 1. The van der Waals surface area contributed by atoms with Gasteiger partial charge in [0.15, 0.2) is 5.11 Å². The summed E-state index contributed by atoms with van der Waals surface area (Å²) in [5.41, 5.74) is 5.60. The van der Waals surface area contributed by atoms with E-state index in [-0.39, 0.29) is 12.1 Å². The highest BCUT2D eigenvalue weighted by atomic mass is 127. The van der Waals surface area contributed by atoms with E-state index in [0.29, 0.717) is 6.54 Å². The van der Waals surface area contributed by atoms with Crippen LogP contribution in [0.15, 0.2) is 48.8 Å². The molecule has 1 saturated heterocycles. The number of hydrogen-bond acceptors (Lipinski definition) is 3. The molecular weight excluding hydrogens is 469 g/mol. The molecule has 0 bridgehead atoms. The van der Waals surface area contributed by atoms with E-state index in [4.69, 9.17) is 12.2 Å². The number of hydrogen-bond donors (Lipinski definition) is 2. The molecule has 27 heavy (non-hydrogen) atoms. The summed E-state index contributed by atoms with van der Waals surface area (Å²) >= 11 is 8.16. The molecule has 1 aliphatic heterocycles. The molecule has 0 radical (unpaired) electrons. The Bertz CT molecular complexity index is 957. The quantitative estimate of drug-likeness (QED) is 0.425. The average molecular weight is 489 g/mol. The molecule has 7 heteroatoms. The fourth-order valence-corrected chi connectivity index (χ4v) is 4.84. The zero-order chi connectivity index (χ0) is 19.0. The molecule has 4 rings (SSSR count). The first-order valence-electron chi connectivity index (χ1n) is 8.79. The SMILES string of the molecule is Cc1[nH]c(C)c([C@@H]2[C@H](c3ccccn3)NC(=S)N2Cc2ccccn2)c1I. The van der Waals surface area contributed by atoms with E-state index in [1.54, 1.807) is 0 Å². The van der Waals surface area contributed by atoms with Crippen LogP contribution in [-0.4, -0.2) is 25.0 Å². The lowest BCUT2D eigenvalue weighted by molar-refractivity contribution is 0.306. The Labute approximate surface area is 177 Å². The van der Waals surface area contributed by atoms with E-state index in [2.05, 4.69) is 67.7 Å². The summed E-state index contributed by atoms with van der Waals surface area (Å²) in [4.78, 5) is 14.8. The lowest BCUT2D eigenvalue weighted by Gasteiger charge is -2.28. The predicted octanol–water partition coefficient (Wildman–Crippen LogP) is 4.20. The molecule has 2 N–H and O–H groups in total. The molecule has 3 aromatic rings. The van der Waals surface area contributed by atoms with Gasteiger partial charge in [0, 0.05) is 32.9 Å². The summed E-state index contributed by atoms with van der Waals surface area (Å²) in [6.07, 6.45) is 3.65. The molecule has 0 unspecified atom stereocenters. The van der Waals surface area contributed by atoms with Crippen LogP contribution in [0.3, 0.4) is 0 Å². The number of aromatic nitrogens is 3. The predicted molar refractivity (Wildman–Crippen MR) is 118 cm³/mol. The third-order valence-corrected chi connectivity index (χ3v) is 6.64. The molecule has 5 nitrogen and oxygen atoms in total. The molecule has 0 aromatic carbocycles. The fraction of sp³-hybridized carbons (Fsp3) is 0.250. The summed E-state index contributed by atoms with van der Waals surface area (Å²) in [7, 11) is 0. The van der Waals surface area contributed by atoms with Gasteiger partial charge in [0.25, 0.3) is 0 Å². The second-order valence-electron chi connectivity index (χ2n) is 6.68. The van der Waals surface area contributed by atoms with E-state index >= 15 is 0 Å². The molecule has 4 heterocycles. The summed E-state index contributed by atoms with van der Waals surface area (Å²) in [5.74, 6) is 0. The molecule has 138 valence electrons. The first kappa shape index (κ1) is 18.4. The maximum atomic E-state index is 5.73. The number of halogens is 1. The van der Waals surface area contributed by atoms with Gasteiger partial charge in [-0.25, -0.2) is 0 Å². The van der Waals surface area contributed by atoms with Crippen molar-refractivity contribution in [2.75, 3.05) is 0 Å². The van der Waals surface area contributed by atoms with Gasteiger partial charge in [0.05, 0.1) is 30.0 Å². The number of aromatic amines is 1. The first-order valence-corrected chi connectivity index (χ1v) is 10.3. The third kappa shape index (κ3) is 3.45. The van der Waals surface area contributed by atoms with Crippen molar-refractivity contribution in [3.63, 3.8) is 0 Å². The minimum absolute atomic E-state index is 0.00942. The van der Waals surface area contributed by atoms with Crippen molar-refractivity contribution in [2.24, 2.45) is 0 Å². The van der Waals surface area contributed by atoms with Crippen LogP contribution in [0, 0.1) is 17.4 Å². The highest BCUT2D eigenvalue weighted by molar-refractivity contribution is 14.1. The third-order valence-electron chi connectivity index (χ3n) is 4.90. The Morgan fingerprint density at radius 3 is 2.41 bits per heavy atom. The van der Waals surface area contributed by atoms with Gasteiger partial charge >= 0.3 is 0 Å². The topological polar surface area (TPSA) is 56.8 Å². The van der Waals surface area contributed by atoms with Crippen LogP contribution in [0.5, 0.6) is 0 Å². The molecule has 3 aromatic heterocycles. The zero-order valence-corrected chi connectivity index (χ0v) is 18.1. The Morgan fingerprint density at radius 2 is 1.81 bits per heavy atom. The Hall–Kier alpha value is -2.00. The standard InChI is InChI=1S/C20H20IN5S/c1-12-16(17(21)13(2)24-12)19-18(15-8-4-6-10-23-15)25-20(27)26(19)11-14-7-3-5-9-22-14/h3-10,18-19,24H,11H2,1-2H3,(H,25,27)/t18-,19+/m0/s1. The van der Waals surface area contributed by atoms with Crippen molar-refractivity contribution in [1.82, 2.24) is 25.2 Å². The van der Waals surface area contributed by atoms with Gasteiger partial charge in [-0.15, -0.1) is 0 Å². The van der Waals surface area contributed by atoms with Gasteiger partial charge in [0.1, 0.15) is 0 Å². The minimum atomic E-state index is -0.00942. The highest BCUT2D eigenvalue weighted by Crippen LogP contribution is 2.42. The van der Waals surface area contributed by atoms with Crippen molar-refractivity contribution >= 4 is 39.9 Å². The molecule has 0 spiro atoms. The summed E-state index contributed by atoms with van der Waals surface area (Å²) in [5, 5.41) is 4.23. The lowest BCUT2D eigenvalue weighted by atomic mass is 9.96. The van der Waals surface area contributed by atoms with Crippen molar-refractivity contribution in [3.8, 4) is 0 Å². The normalized spacial score (nSPS) is 19.4. The van der Waals surface area contributed by atoms with Crippen LogP contribution in [-0.2, 0) is 6.54 Å². The number of nitrogens with zero attached hydrogens (tertiary/aromatic N) is 3. The maximum absolute atomic E-state index is 5.73. The monoisotopic (exact) mass is 489 g/mol. The van der Waals surface area contributed by atoms with Crippen molar-refractivity contribution in [3.05, 3.63) is 80.7 Å². The Balaban J connectivity index is 1.80. The van der Waals surface area contributed by atoms with Gasteiger partial charge in [-0.1, -0.05) is 12.1 Å². The lowest BCUT2D eigenvalue weighted by Crippen LogP contribution is -2.29. The van der Waals surface area contributed by atoms with Gasteiger partial charge in [-0.05, 0) is 72.9 Å². The van der Waals surface area contributed by atoms with Crippen molar-refractivity contribution in [1.29, 1.82) is 0 Å². The summed E-state index contributed by atoms with van der Waals surface area (Å²) in [6.45, 7) is 4.89. The number of pyridine rings is 2. The van der Waals surface area contributed by atoms with Crippen LogP contribution in [0.25, 0.3) is 0 Å². The second-order valence-corrected chi connectivity index (χ2v) is 8.14. The maximum Gasteiger partial charge on any atom is 0.170 e. The van der Waals surface area contributed by atoms with Crippen LogP contribution in [0.1, 0.15) is 40.4 Å². The average Bonchev–Trinajstić information content (AvgIpc) is 3.12. The van der Waals surface area contributed by atoms with Crippen LogP contribution in [0.2, 0.25) is 0 Å². The van der Waals surface area contributed by atoms with Crippen LogP contribution < -0.4 is 5.32 Å².